The number of ether oxygens (including phenoxy) is 2. The molecule has 14 nitrogen and oxygen atoms in total. The van der Waals surface area contributed by atoms with E-state index in [4.69, 9.17) is 9.47 Å². The molecule has 0 bridgehead atoms. The predicted octanol–water partition coefficient (Wildman–Crippen LogP) is 4.41. The smallest absolute Gasteiger partial charge is 0.335 e. The highest BCUT2D eigenvalue weighted by molar-refractivity contribution is 8.02. The minimum Gasteiger partial charge on any atom is -0.458 e. The van der Waals surface area contributed by atoms with Crippen LogP contribution in [0.25, 0.3) is 16.9 Å². The number of fused-ring (bicyclic) bond motifs is 1. The number of carbonyl (C=O) groups is 3. The summed E-state index contributed by atoms with van der Waals surface area (Å²) in [6, 6.07) is 17.7. The number of hydrogen-bond acceptors (Lipinski definition) is 11. The standard InChI is InChI=1S/C39H42N6O8S2/c1-25-11-17-28(18-12-25)52-32(46)23-43-31-10-8-20-41-34(31)45(37(43)49)27-15-13-26(14-16-27)21-30(36(48)53-38(2,3)4)42-35(47)33-39(5,6)54-24-44(33)55(50,51)29-9-7-19-40-22-29/h7-20,22,30,33H,21,23-24H2,1-6H3,(H,42,47)/t30-,33?/m0/s1. The number of imidazole rings is 1. The fraction of sp³-hybridized carbons (Fsp3) is 0.333. The van der Waals surface area contributed by atoms with E-state index in [1.54, 1.807) is 89.3 Å². The average Bonchev–Trinajstić information content (AvgIpc) is 3.61. The van der Waals surface area contributed by atoms with Crippen LogP contribution in [-0.2, 0) is 42.1 Å². The van der Waals surface area contributed by atoms with Gasteiger partial charge in [0.05, 0.1) is 17.1 Å². The first-order valence-corrected chi connectivity index (χ1v) is 19.9. The second-order valence-corrected chi connectivity index (χ2v) is 18.2. The van der Waals surface area contributed by atoms with Crippen molar-refractivity contribution in [1.29, 1.82) is 0 Å². The summed E-state index contributed by atoms with van der Waals surface area (Å²) in [6.45, 7) is 10.3. The molecule has 0 radical (unpaired) electrons. The lowest BCUT2D eigenvalue weighted by Crippen LogP contribution is -2.57. The fourth-order valence-electron chi connectivity index (χ4n) is 6.22. The van der Waals surface area contributed by atoms with Crippen LogP contribution in [0.2, 0.25) is 0 Å². The Morgan fingerprint density at radius 2 is 1.69 bits per heavy atom. The summed E-state index contributed by atoms with van der Waals surface area (Å²) in [5.41, 5.74) is 1.44. The number of aryl methyl sites for hydroxylation is 1. The summed E-state index contributed by atoms with van der Waals surface area (Å²) in [4.78, 5) is 62.7. The summed E-state index contributed by atoms with van der Waals surface area (Å²) in [5, 5.41) is 2.80. The number of nitrogens with zero attached hydrogens (tertiary/aromatic N) is 5. The molecule has 0 saturated carbocycles. The Bertz CT molecular complexity index is 2390. The quantitative estimate of drug-likeness (QED) is 0.149. The van der Waals surface area contributed by atoms with Crippen molar-refractivity contribution >= 4 is 50.8 Å². The van der Waals surface area contributed by atoms with Crippen molar-refractivity contribution in [2.24, 2.45) is 0 Å². The van der Waals surface area contributed by atoms with E-state index in [0.717, 1.165) is 9.87 Å². The normalized spacial score (nSPS) is 16.4. The molecule has 2 atom stereocenters. The van der Waals surface area contributed by atoms with Gasteiger partial charge in [0.15, 0.2) is 5.65 Å². The van der Waals surface area contributed by atoms with Crippen LogP contribution in [-0.4, -0.2) is 78.0 Å². The summed E-state index contributed by atoms with van der Waals surface area (Å²) in [7, 11) is -4.11. The van der Waals surface area contributed by atoms with Crippen LogP contribution < -0.4 is 15.7 Å². The second kappa shape index (κ2) is 15.4. The molecule has 1 fully saturated rings. The lowest BCUT2D eigenvalue weighted by Gasteiger charge is -2.32. The molecule has 0 spiro atoms. The molecule has 1 N–H and O–H groups in total. The van der Waals surface area contributed by atoms with Gasteiger partial charge in [0, 0.05) is 29.8 Å². The van der Waals surface area contributed by atoms with Gasteiger partial charge in [-0.1, -0.05) is 29.8 Å². The molecule has 16 heteroatoms. The first kappa shape index (κ1) is 39.4. The molecule has 4 heterocycles. The predicted molar refractivity (Wildman–Crippen MR) is 207 cm³/mol. The number of carbonyl (C=O) groups excluding carboxylic acids is 3. The molecule has 1 saturated heterocycles. The Morgan fingerprint density at radius 3 is 2.35 bits per heavy atom. The van der Waals surface area contributed by atoms with Crippen molar-refractivity contribution in [2.45, 2.75) is 81.8 Å². The van der Waals surface area contributed by atoms with E-state index in [-0.39, 0.29) is 23.7 Å². The minimum absolute atomic E-state index is 0.00363. The monoisotopic (exact) mass is 786 g/mol. The molecule has 55 heavy (non-hydrogen) atoms. The number of thioether (sulfide) groups is 1. The zero-order valence-electron chi connectivity index (χ0n) is 31.3. The van der Waals surface area contributed by atoms with E-state index >= 15 is 0 Å². The first-order chi connectivity index (χ1) is 25.9. The van der Waals surface area contributed by atoms with Crippen molar-refractivity contribution in [2.75, 3.05) is 5.88 Å². The van der Waals surface area contributed by atoms with Crippen molar-refractivity contribution in [1.82, 2.24) is 28.7 Å². The van der Waals surface area contributed by atoms with E-state index in [1.807, 2.05) is 19.1 Å². The lowest BCUT2D eigenvalue weighted by atomic mass is 10.0. The van der Waals surface area contributed by atoms with E-state index in [9.17, 15) is 27.6 Å². The number of sulfonamides is 1. The third kappa shape index (κ3) is 8.66. The van der Waals surface area contributed by atoms with Gasteiger partial charge in [-0.2, -0.15) is 4.31 Å². The number of amides is 1. The first-order valence-electron chi connectivity index (χ1n) is 17.5. The van der Waals surface area contributed by atoms with Crippen LogP contribution in [0.3, 0.4) is 0 Å². The van der Waals surface area contributed by atoms with Crippen LogP contribution in [0.5, 0.6) is 5.75 Å². The summed E-state index contributed by atoms with van der Waals surface area (Å²) >= 11 is 1.31. The number of benzene rings is 2. The van der Waals surface area contributed by atoms with Gasteiger partial charge < -0.3 is 14.8 Å². The maximum absolute atomic E-state index is 14.1. The molecule has 5 aromatic rings. The molecule has 2 aromatic carbocycles. The van der Waals surface area contributed by atoms with Gasteiger partial charge >= 0.3 is 17.6 Å². The molecular weight excluding hydrogens is 745 g/mol. The Kier molecular flexibility index (Phi) is 11.0. The van der Waals surface area contributed by atoms with Crippen LogP contribution in [0.4, 0.5) is 0 Å². The van der Waals surface area contributed by atoms with Crippen LogP contribution in [0.15, 0.2) is 101 Å². The maximum Gasteiger partial charge on any atom is 0.335 e. The fourth-order valence-corrected chi connectivity index (χ4v) is 9.36. The number of rotatable bonds is 11. The summed E-state index contributed by atoms with van der Waals surface area (Å²) < 4.78 is 41.5. The molecule has 1 aliphatic heterocycles. The maximum atomic E-state index is 14.1. The van der Waals surface area contributed by atoms with Crippen molar-refractivity contribution < 1.29 is 32.3 Å². The second-order valence-electron chi connectivity index (χ2n) is 14.7. The van der Waals surface area contributed by atoms with Crippen molar-refractivity contribution in [3.8, 4) is 11.4 Å². The number of aromatic nitrogens is 4. The highest BCUT2D eigenvalue weighted by Crippen LogP contribution is 2.42. The van der Waals surface area contributed by atoms with E-state index < -0.39 is 56.0 Å². The van der Waals surface area contributed by atoms with Gasteiger partial charge in [0.25, 0.3) is 0 Å². The lowest BCUT2D eigenvalue weighted by molar-refractivity contribution is -0.158. The number of hydrogen-bond donors (Lipinski definition) is 1. The van der Waals surface area contributed by atoms with Crippen LogP contribution in [0, 0.1) is 6.92 Å². The average molecular weight is 787 g/mol. The SMILES string of the molecule is Cc1ccc(OC(=O)Cn2c(=O)n(-c3ccc(C[C@H](NC(=O)C4N(S(=O)(=O)c5cccnc5)CSC4(C)C)C(=O)OC(C)(C)C)cc3)c3ncccc32)cc1. The Hall–Kier alpha value is -5.32. The van der Waals surface area contributed by atoms with Crippen LogP contribution >= 0.6 is 11.8 Å². The van der Waals surface area contributed by atoms with Gasteiger partial charge in [0.1, 0.15) is 34.9 Å². The highest BCUT2D eigenvalue weighted by Gasteiger charge is 2.51. The molecule has 0 aliphatic carbocycles. The third-order valence-corrected chi connectivity index (χ3v) is 12.2. The largest absolute Gasteiger partial charge is 0.458 e. The highest BCUT2D eigenvalue weighted by atomic mass is 32.2. The van der Waals surface area contributed by atoms with Gasteiger partial charge in [-0.3, -0.25) is 14.3 Å². The molecule has 1 unspecified atom stereocenters. The zero-order chi connectivity index (χ0) is 39.7. The third-order valence-electron chi connectivity index (χ3n) is 8.87. The van der Waals surface area contributed by atoms with Crippen molar-refractivity contribution in [3.05, 3.63) is 113 Å². The van der Waals surface area contributed by atoms with E-state index in [2.05, 4.69) is 15.3 Å². The summed E-state index contributed by atoms with van der Waals surface area (Å²) in [6.07, 6.45) is 4.24. The van der Waals surface area contributed by atoms with E-state index in [0.29, 0.717) is 28.2 Å². The molecule has 3 aromatic heterocycles. The van der Waals surface area contributed by atoms with Gasteiger partial charge in [0.2, 0.25) is 15.9 Å². The van der Waals surface area contributed by atoms with Gasteiger partial charge in [-0.05, 0) is 95.6 Å². The Morgan fingerprint density at radius 1 is 1.00 bits per heavy atom. The topological polar surface area (TPSA) is 172 Å². The van der Waals surface area contributed by atoms with E-state index in [1.165, 1.54) is 45.4 Å². The van der Waals surface area contributed by atoms with Gasteiger partial charge in [-0.15, -0.1) is 11.8 Å². The Labute approximate surface area is 322 Å². The number of pyridine rings is 2. The number of nitrogens with one attached hydrogen (secondary N) is 1. The van der Waals surface area contributed by atoms with Crippen LogP contribution in [0.1, 0.15) is 45.7 Å². The molecule has 1 aliphatic rings. The molecule has 288 valence electrons. The minimum atomic E-state index is -4.11. The Balaban J connectivity index is 1.26. The van der Waals surface area contributed by atoms with Gasteiger partial charge in [-0.25, -0.2) is 32.4 Å². The molecule has 6 rings (SSSR count). The molecular formula is C39H42N6O8S2. The molecule has 1 amide bonds. The number of esters is 2. The zero-order valence-corrected chi connectivity index (χ0v) is 32.9. The van der Waals surface area contributed by atoms with Crippen molar-refractivity contribution in [3.63, 3.8) is 0 Å². The summed E-state index contributed by atoms with van der Waals surface area (Å²) in [5.74, 6) is -1.59.